The van der Waals surface area contributed by atoms with Crippen molar-refractivity contribution in [3.63, 3.8) is 0 Å². The number of hydrogen-bond donors (Lipinski definition) is 0. The highest BCUT2D eigenvalue weighted by Gasteiger charge is 2.20. The fourth-order valence-electron chi connectivity index (χ4n) is 2.88. The molecule has 0 spiro atoms. The molecule has 4 aromatic rings. The van der Waals surface area contributed by atoms with E-state index in [1.807, 2.05) is 30.8 Å². The van der Waals surface area contributed by atoms with Gasteiger partial charge < -0.3 is 4.74 Å². The minimum atomic E-state index is -0.319. The van der Waals surface area contributed by atoms with Gasteiger partial charge in [-0.15, -0.1) is 16.4 Å². The van der Waals surface area contributed by atoms with Gasteiger partial charge in [0.25, 0.3) is 0 Å². The predicted octanol–water partition coefficient (Wildman–Crippen LogP) is 2.57. The molecule has 0 aliphatic carbocycles. The summed E-state index contributed by atoms with van der Waals surface area (Å²) in [6.45, 7) is 6.70. The van der Waals surface area contributed by atoms with E-state index in [-0.39, 0.29) is 5.97 Å². The van der Waals surface area contributed by atoms with Crippen LogP contribution in [-0.4, -0.2) is 41.9 Å². The first kappa shape index (κ1) is 16.6. The van der Waals surface area contributed by atoms with Crippen LogP contribution in [0.4, 0.5) is 0 Å². The van der Waals surface area contributed by atoms with E-state index in [9.17, 15) is 4.79 Å². The van der Waals surface area contributed by atoms with Gasteiger partial charge in [0.15, 0.2) is 11.5 Å². The lowest BCUT2D eigenvalue weighted by Crippen LogP contribution is -2.03. The standard InChI is InChI=1S/C17H18N6O2S/c1-4-25-17(24)14-11(3)13-15-19-12(6-8-22-7-5-10(2)20-22)21-23(15)9-18-16(13)26-14/h5,7,9H,4,6,8H2,1-3H3. The van der Waals surface area contributed by atoms with Gasteiger partial charge in [-0.05, 0) is 32.4 Å². The fourth-order valence-corrected chi connectivity index (χ4v) is 3.91. The lowest BCUT2D eigenvalue weighted by molar-refractivity contribution is 0.0531. The number of ether oxygens (including phenoxy) is 1. The lowest BCUT2D eigenvalue weighted by Gasteiger charge is -1.99. The second kappa shape index (κ2) is 6.49. The third-order valence-corrected chi connectivity index (χ3v) is 5.29. The molecule has 4 rings (SSSR count). The molecule has 4 heterocycles. The third-order valence-electron chi connectivity index (χ3n) is 4.11. The fraction of sp³-hybridized carbons (Fsp3) is 0.353. The molecule has 0 saturated heterocycles. The highest BCUT2D eigenvalue weighted by Crippen LogP contribution is 2.32. The Labute approximate surface area is 153 Å². The SMILES string of the molecule is CCOC(=O)c1sc2ncn3nc(CCn4ccc(C)n4)nc3c2c1C. The summed E-state index contributed by atoms with van der Waals surface area (Å²) in [6, 6.07) is 1.97. The van der Waals surface area contributed by atoms with Crippen molar-refractivity contribution in [2.24, 2.45) is 0 Å². The Balaban J connectivity index is 1.70. The molecule has 0 atom stereocenters. The van der Waals surface area contributed by atoms with Gasteiger partial charge in [-0.2, -0.15) is 5.10 Å². The zero-order valence-corrected chi connectivity index (χ0v) is 15.6. The van der Waals surface area contributed by atoms with E-state index in [0.29, 0.717) is 30.1 Å². The second-order valence-corrected chi connectivity index (χ2v) is 6.97. The summed E-state index contributed by atoms with van der Waals surface area (Å²) in [5, 5.41) is 9.74. The number of aryl methyl sites for hydroxylation is 4. The predicted molar refractivity (Wildman–Crippen MR) is 97.5 cm³/mol. The number of carbonyl (C=O) groups excluding carboxylic acids is 1. The average Bonchev–Trinajstić information content (AvgIpc) is 3.29. The minimum Gasteiger partial charge on any atom is -0.462 e. The van der Waals surface area contributed by atoms with E-state index >= 15 is 0 Å². The molecule has 4 aromatic heterocycles. The largest absolute Gasteiger partial charge is 0.462 e. The Morgan fingerprint density at radius 3 is 2.88 bits per heavy atom. The maximum absolute atomic E-state index is 12.1. The van der Waals surface area contributed by atoms with E-state index in [2.05, 4.69) is 20.2 Å². The van der Waals surface area contributed by atoms with E-state index < -0.39 is 0 Å². The van der Waals surface area contributed by atoms with Crippen molar-refractivity contribution < 1.29 is 9.53 Å². The molecule has 0 aromatic carbocycles. The summed E-state index contributed by atoms with van der Waals surface area (Å²) in [7, 11) is 0. The summed E-state index contributed by atoms with van der Waals surface area (Å²) in [5.41, 5.74) is 2.54. The summed E-state index contributed by atoms with van der Waals surface area (Å²) < 4.78 is 8.68. The van der Waals surface area contributed by atoms with Gasteiger partial charge in [-0.3, -0.25) is 4.68 Å². The molecule has 0 aliphatic heterocycles. The first-order valence-electron chi connectivity index (χ1n) is 8.37. The van der Waals surface area contributed by atoms with Crippen LogP contribution >= 0.6 is 11.3 Å². The summed E-state index contributed by atoms with van der Waals surface area (Å²) in [4.78, 5) is 22.6. The molecule has 0 aliphatic rings. The number of hydrogen-bond acceptors (Lipinski definition) is 7. The van der Waals surface area contributed by atoms with Crippen molar-refractivity contribution in [3.8, 4) is 0 Å². The number of carbonyl (C=O) groups is 1. The number of fused-ring (bicyclic) bond motifs is 3. The van der Waals surface area contributed by atoms with Crippen molar-refractivity contribution in [2.45, 2.75) is 33.7 Å². The number of nitrogens with zero attached hydrogens (tertiary/aromatic N) is 6. The van der Waals surface area contributed by atoms with Crippen LogP contribution in [0.3, 0.4) is 0 Å². The summed E-state index contributed by atoms with van der Waals surface area (Å²) >= 11 is 1.33. The Morgan fingerprint density at radius 2 is 2.15 bits per heavy atom. The lowest BCUT2D eigenvalue weighted by atomic mass is 10.2. The summed E-state index contributed by atoms with van der Waals surface area (Å²) in [5.74, 6) is 0.399. The number of rotatable bonds is 5. The normalized spacial score (nSPS) is 11.5. The number of thiophene rings is 1. The minimum absolute atomic E-state index is 0.319. The second-order valence-electron chi connectivity index (χ2n) is 5.97. The van der Waals surface area contributed by atoms with E-state index in [1.54, 1.807) is 17.8 Å². The van der Waals surface area contributed by atoms with Gasteiger partial charge in [0.1, 0.15) is 16.0 Å². The monoisotopic (exact) mass is 370 g/mol. The van der Waals surface area contributed by atoms with Crippen molar-refractivity contribution >= 4 is 33.2 Å². The van der Waals surface area contributed by atoms with Crippen molar-refractivity contribution in [3.05, 3.63) is 40.5 Å². The van der Waals surface area contributed by atoms with Crippen LogP contribution in [0.5, 0.6) is 0 Å². The zero-order chi connectivity index (χ0) is 18.3. The maximum Gasteiger partial charge on any atom is 0.348 e. The smallest absolute Gasteiger partial charge is 0.348 e. The molecular formula is C17H18N6O2S. The van der Waals surface area contributed by atoms with Gasteiger partial charge >= 0.3 is 5.97 Å². The molecule has 0 radical (unpaired) electrons. The van der Waals surface area contributed by atoms with Gasteiger partial charge in [0, 0.05) is 19.2 Å². The van der Waals surface area contributed by atoms with Crippen molar-refractivity contribution in [1.82, 2.24) is 29.4 Å². The quantitative estimate of drug-likeness (QED) is 0.502. The highest BCUT2D eigenvalue weighted by atomic mass is 32.1. The molecule has 0 amide bonds. The van der Waals surface area contributed by atoms with Crippen LogP contribution in [0, 0.1) is 13.8 Å². The first-order valence-corrected chi connectivity index (χ1v) is 9.19. The topological polar surface area (TPSA) is 87.2 Å². The van der Waals surface area contributed by atoms with Gasteiger partial charge in [0.2, 0.25) is 0 Å². The molecule has 0 saturated carbocycles. The van der Waals surface area contributed by atoms with Crippen LogP contribution in [-0.2, 0) is 17.7 Å². The van der Waals surface area contributed by atoms with Crippen LogP contribution in [0.2, 0.25) is 0 Å². The molecule has 0 N–H and O–H groups in total. The zero-order valence-electron chi connectivity index (χ0n) is 14.8. The number of esters is 1. The summed E-state index contributed by atoms with van der Waals surface area (Å²) in [6.07, 6.45) is 4.24. The Bertz CT molecular complexity index is 1110. The Morgan fingerprint density at radius 1 is 1.31 bits per heavy atom. The van der Waals surface area contributed by atoms with E-state index in [4.69, 9.17) is 4.74 Å². The molecule has 0 fully saturated rings. The molecule has 134 valence electrons. The number of aromatic nitrogens is 6. The Kier molecular flexibility index (Phi) is 4.15. The van der Waals surface area contributed by atoms with Crippen LogP contribution in [0.25, 0.3) is 15.9 Å². The molecular weight excluding hydrogens is 352 g/mol. The van der Waals surface area contributed by atoms with Gasteiger partial charge in [-0.1, -0.05) is 0 Å². The average molecular weight is 370 g/mol. The van der Waals surface area contributed by atoms with Crippen molar-refractivity contribution in [2.75, 3.05) is 6.61 Å². The van der Waals surface area contributed by atoms with E-state index in [0.717, 1.165) is 27.3 Å². The van der Waals surface area contributed by atoms with Gasteiger partial charge in [0.05, 0.1) is 17.7 Å². The maximum atomic E-state index is 12.1. The Hall–Kier alpha value is -2.81. The molecule has 8 nitrogen and oxygen atoms in total. The van der Waals surface area contributed by atoms with Gasteiger partial charge in [-0.25, -0.2) is 19.3 Å². The van der Waals surface area contributed by atoms with Crippen LogP contribution < -0.4 is 0 Å². The van der Waals surface area contributed by atoms with Crippen LogP contribution in [0.15, 0.2) is 18.6 Å². The molecule has 26 heavy (non-hydrogen) atoms. The van der Waals surface area contributed by atoms with E-state index in [1.165, 1.54) is 11.3 Å². The third kappa shape index (κ3) is 2.84. The highest BCUT2D eigenvalue weighted by molar-refractivity contribution is 7.20. The molecule has 9 heteroatoms. The van der Waals surface area contributed by atoms with Crippen molar-refractivity contribution in [1.29, 1.82) is 0 Å². The van der Waals surface area contributed by atoms with Crippen LogP contribution in [0.1, 0.15) is 33.7 Å². The molecule has 0 unspecified atom stereocenters. The first-order chi connectivity index (χ1) is 12.6. The molecule has 0 bridgehead atoms.